The van der Waals surface area contributed by atoms with Crippen molar-refractivity contribution in [3.63, 3.8) is 0 Å². The molecule has 1 aromatic carbocycles. The molecule has 1 N–H and O–H groups in total. The minimum atomic E-state index is 0.554. The van der Waals surface area contributed by atoms with Crippen molar-refractivity contribution in [2.24, 2.45) is 0 Å². The Kier molecular flexibility index (Phi) is 5.26. The highest BCUT2D eigenvalue weighted by atomic mass is 16.5. The van der Waals surface area contributed by atoms with Crippen LogP contribution in [0.5, 0.6) is 5.88 Å². The maximum atomic E-state index is 5.26. The number of fused-ring (bicyclic) bond motifs is 1. The lowest BCUT2D eigenvalue weighted by Crippen LogP contribution is -2.29. The maximum Gasteiger partial charge on any atom is 0.245 e. The zero-order valence-electron chi connectivity index (χ0n) is 17.8. The molecule has 7 heteroatoms. The minimum absolute atomic E-state index is 0.554. The number of piperidine rings is 1. The van der Waals surface area contributed by atoms with E-state index in [1.807, 2.05) is 35.0 Å². The zero-order chi connectivity index (χ0) is 21.2. The van der Waals surface area contributed by atoms with Gasteiger partial charge in [0.15, 0.2) is 0 Å². The normalized spacial score (nSPS) is 15.3. The van der Waals surface area contributed by atoms with Gasteiger partial charge in [0.05, 0.1) is 24.5 Å². The van der Waals surface area contributed by atoms with E-state index < -0.39 is 0 Å². The van der Waals surface area contributed by atoms with Gasteiger partial charge in [-0.3, -0.25) is 0 Å². The fourth-order valence-electron chi connectivity index (χ4n) is 4.17. The summed E-state index contributed by atoms with van der Waals surface area (Å²) in [5.41, 5.74) is 5.26. The van der Waals surface area contributed by atoms with Crippen LogP contribution in [0.15, 0.2) is 60.9 Å². The molecule has 31 heavy (non-hydrogen) atoms. The Bertz CT molecular complexity index is 1180. The van der Waals surface area contributed by atoms with E-state index in [0.29, 0.717) is 17.7 Å². The summed E-state index contributed by atoms with van der Waals surface area (Å²) in [6.45, 7) is 2.34. The molecule has 4 aromatic rings. The van der Waals surface area contributed by atoms with Crippen LogP contribution in [0.25, 0.3) is 16.8 Å². The molecule has 1 saturated heterocycles. The lowest BCUT2D eigenvalue weighted by molar-refractivity contribution is 0.255. The molecule has 1 aliphatic rings. The highest BCUT2D eigenvalue weighted by Crippen LogP contribution is 2.29. The summed E-state index contributed by atoms with van der Waals surface area (Å²) in [4.78, 5) is 11.1. The van der Waals surface area contributed by atoms with Crippen molar-refractivity contribution in [2.45, 2.75) is 18.8 Å². The number of hydrogen-bond donors (Lipinski definition) is 1. The molecule has 0 saturated carbocycles. The SMILES string of the molecule is COc1cc(-c2ccc3cnc(Nc4ccc(C5CCN(C)CC5)cc4)nn23)ccn1. The highest BCUT2D eigenvalue weighted by Gasteiger charge is 2.18. The molecule has 0 bridgehead atoms. The van der Waals surface area contributed by atoms with Crippen LogP contribution in [0.2, 0.25) is 0 Å². The van der Waals surface area contributed by atoms with Gasteiger partial charge in [-0.2, -0.15) is 0 Å². The van der Waals surface area contributed by atoms with Crippen LogP contribution in [-0.2, 0) is 0 Å². The summed E-state index contributed by atoms with van der Waals surface area (Å²) in [6.07, 6.45) is 6.00. The van der Waals surface area contributed by atoms with Crippen molar-refractivity contribution in [3.05, 3.63) is 66.5 Å². The first kappa shape index (κ1) is 19.5. The van der Waals surface area contributed by atoms with E-state index in [9.17, 15) is 0 Å². The van der Waals surface area contributed by atoms with Crippen LogP contribution in [-0.4, -0.2) is 51.7 Å². The molecule has 4 heterocycles. The lowest BCUT2D eigenvalue weighted by atomic mass is 9.89. The number of pyridine rings is 1. The fourth-order valence-corrected chi connectivity index (χ4v) is 4.17. The van der Waals surface area contributed by atoms with Gasteiger partial charge in [0.2, 0.25) is 11.8 Å². The molecule has 5 rings (SSSR count). The minimum Gasteiger partial charge on any atom is -0.481 e. The van der Waals surface area contributed by atoms with E-state index >= 15 is 0 Å². The molecule has 1 aliphatic heterocycles. The summed E-state index contributed by atoms with van der Waals surface area (Å²) in [7, 11) is 3.81. The summed E-state index contributed by atoms with van der Waals surface area (Å²) < 4.78 is 7.14. The van der Waals surface area contributed by atoms with Gasteiger partial charge in [0.1, 0.15) is 0 Å². The number of nitrogens with one attached hydrogen (secondary N) is 1. The van der Waals surface area contributed by atoms with Crippen LogP contribution < -0.4 is 10.1 Å². The van der Waals surface area contributed by atoms with Gasteiger partial charge in [-0.25, -0.2) is 14.5 Å². The number of likely N-dealkylation sites (tertiary alicyclic amines) is 1. The van der Waals surface area contributed by atoms with Gasteiger partial charge >= 0.3 is 0 Å². The second-order valence-corrected chi connectivity index (χ2v) is 8.05. The van der Waals surface area contributed by atoms with E-state index in [-0.39, 0.29) is 0 Å². The second-order valence-electron chi connectivity index (χ2n) is 8.05. The van der Waals surface area contributed by atoms with Gasteiger partial charge in [0.25, 0.3) is 0 Å². The number of nitrogens with zero attached hydrogens (tertiary/aromatic N) is 5. The van der Waals surface area contributed by atoms with Crippen LogP contribution in [0.1, 0.15) is 24.3 Å². The topological polar surface area (TPSA) is 67.6 Å². The molecule has 0 spiro atoms. The Labute approximate surface area is 181 Å². The molecule has 3 aromatic heterocycles. The molecule has 0 amide bonds. The molecular formula is C24H26N6O. The highest BCUT2D eigenvalue weighted by molar-refractivity contribution is 5.67. The van der Waals surface area contributed by atoms with Gasteiger partial charge in [-0.15, -0.1) is 5.10 Å². The molecule has 7 nitrogen and oxygen atoms in total. The third kappa shape index (κ3) is 4.09. The van der Waals surface area contributed by atoms with Crippen molar-refractivity contribution >= 4 is 17.2 Å². The summed E-state index contributed by atoms with van der Waals surface area (Å²) >= 11 is 0. The van der Waals surface area contributed by atoms with Crippen molar-refractivity contribution in [1.82, 2.24) is 24.5 Å². The van der Waals surface area contributed by atoms with Gasteiger partial charge in [-0.1, -0.05) is 12.1 Å². The van der Waals surface area contributed by atoms with Crippen molar-refractivity contribution < 1.29 is 4.74 Å². The van der Waals surface area contributed by atoms with Crippen LogP contribution >= 0.6 is 0 Å². The van der Waals surface area contributed by atoms with Gasteiger partial charge in [-0.05, 0) is 74.8 Å². The predicted octanol–water partition coefficient (Wildman–Crippen LogP) is 4.35. The number of methoxy groups -OCH3 is 1. The fraction of sp³-hybridized carbons (Fsp3) is 0.292. The number of aromatic nitrogens is 4. The summed E-state index contributed by atoms with van der Waals surface area (Å²) in [5, 5.41) is 8.05. The van der Waals surface area contributed by atoms with Crippen molar-refractivity contribution in [3.8, 4) is 17.1 Å². The molecule has 1 fully saturated rings. The molecule has 0 unspecified atom stereocenters. The van der Waals surface area contributed by atoms with E-state index in [1.54, 1.807) is 13.3 Å². The van der Waals surface area contributed by atoms with Crippen LogP contribution in [0.3, 0.4) is 0 Å². The van der Waals surface area contributed by atoms with E-state index in [0.717, 1.165) is 22.5 Å². The molecule has 0 atom stereocenters. The molecule has 0 radical (unpaired) electrons. The average Bonchev–Trinajstić information content (AvgIpc) is 3.23. The van der Waals surface area contributed by atoms with E-state index in [4.69, 9.17) is 9.84 Å². The van der Waals surface area contributed by atoms with Gasteiger partial charge in [0, 0.05) is 23.5 Å². The van der Waals surface area contributed by atoms with Crippen molar-refractivity contribution in [1.29, 1.82) is 0 Å². The zero-order valence-corrected chi connectivity index (χ0v) is 17.8. The number of rotatable bonds is 5. The van der Waals surface area contributed by atoms with Gasteiger partial charge < -0.3 is 15.0 Å². The van der Waals surface area contributed by atoms with E-state index in [1.165, 1.54) is 31.5 Å². The van der Waals surface area contributed by atoms with E-state index in [2.05, 4.69) is 51.5 Å². The number of anilines is 2. The predicted molar refractivity (Wildman–Crippen MR) is 122 cm³/mol. The number of benzene rings is 1. The Hall–Kier alpha value is -3.45. The number of hydrogen-bond acceptors (Lipinski definition) is 6. The standard InChI is InChI=1S/C24H26N6O/c1-29-13-10-18(11-14-29)17-3-5-20(6-4-17)27-24-26-16-21-7-8-22(30(21)28-24)19-9-12-25-23(15-19)31-2/h3-9,12,15-16,18H,10-11,13-14H2,1-2H3,(H,27,28). The molecule has 158 valence electrons. The first-order chi connectivity index (χ1) is 15.2. The Balaban J connectivity index is 1.37. The van der Waals surface area contributed by atoms with Crippen molar-refractivity contribution in [2.75, 3.05) is 32.6 Å². The summed E-state index contributed by atoms with van der Waals surface area (Å²) in [5.74, 6) is 1.78. The first-order valence-electron chi connectivity index (χ1n) is 10.6. The summed E-state index contributed by atoms with van der Waals surface area (Å²) in [6, 6.07) is 16.6. The third-order valence-electron chi connectivity index (χ3n) is 6.00. The molecular weight excluding hydrogens is 388 g/mol. The quantitative estimate of drug-likeness (QED) is 0.524. The lowest BCUT2D eigenvalue weighted by Gasteiger charge is -2.29. The second kappa shape index (κ2) is 8.35. The van der Waals surface area contributed by atoms with Crippen LogP contribution in [0, 0.1) is 0 Å². The number of ether oxygens (including phenoxy) is 1. The largest absolute Gasteiger partial charge is 0.481 e. The average molecular weight is 415 g/mol. The monoisotopic (exact) mass is 414 g/mol. The maximum absolute atomic E-state index is 5.26. The molecule has 0 aliphatic carbocycles. The van der Waals surface area contributed by atoms with Crippen LogP contribution in [0.4, 0.5) is 11.6 Å². The Morgan fingerprint density at radius 3 is 2.58 bits per heavy atom. The smallest absolute Gasteiger partial charge is 0.245 e. The Morgan fingerprint density at radius 2 is 1.81 bits per heavy atom. The first-order valence-corrected chi connectivity index (χ1v) is 10.6. The Morgan fingerprint density at radius 1 is 1.00 bits per heavy atom. The third-order valence-corrected chi connectivity index (χ3v) is 6.00.